The van der Waals surface area contributed by atoms with Crippen LogP contribution in [0.5, 0.6) is 11.5 Å². The summed E-state index contributed by atoms with van der Waals surface area (Å²) in [6, 6.07) is 2.69. The zero-order valence-corrected chi connectivity index (χ0v) is 19.0. The van der Waals surface area contributed by atoms with E-state index in [-0.39, 0.29) is 31.7 Å². The van der Waals surface area contributed by atoms with E-state index < -0.39 is 30.1 Å². The number of fused-ring (bicyclic) bond motifs is 3. The molecule has 0 aromatic heterocycles. The largest absolute Gasteiger partial charge is 0.493 e. The highest BCUT2D eigenvalue weighted by Gasteiger charge is 2.52. The van der Waals surface area contributed by atoms with E-state index in [0.29, 0.717) is 28.2 Å². The Hall–Kier alpha value is -2.62. The van der Waals surface area contributed by atoms with Gasteiger partial charge in [0.2, 0.25) is 11.8 Å². The molecule has 1 aromatic rings. The summed E-state index contributed by atoms with van der Waals surface area (Å²) in [7, 11) is 1.49. The number of nitrogens with zero attached hydrogens (tertiary/aromatic N) is 1. The summed E-state index contributed by atoms with van der Waals surface area (Å²) in [6.07, 6.45) is 3.53. The molecule has 0 saturated heterocycles. The first-order chi connectivity index (χ1) is 15.9. The first-order valence-corrected chi connectivity index (χ1v) is 11.5. The molecule has 1 aliphatic heterocycles. The van der Waals surface area contributed by atoms with Crippen LogP contribution >= 0.6 is 0 Å². The second-order valence-electron chi connectivity index (χ2n) is 8.88. The van der Waals surface area contributed by atoms with E-state index in [1.54, 1.807) is 23.1 Å². The zero-order valence-electron chi connectivity index (χ0n) is 19.0. The van der Waals surface area contributed by atoms with Gasteiger partial charge in [-0.3, -0.25) is 9.59 Å². The third-order valence-electron chi connectivity index (χ3n) is 6.90. The van der Waals surface area contributed by atoms with Crippen molar-refractivity contribution < 1.29 is 34.4 Å². The van der Waals surface area contributed by atoms with Crippen LogP contribution in [0, 0.1) is 0 Å². The van der Waals surface area contributed by atoms with Crippen LogP contribution in [0.1, 0.15) is 49.7 Å². The van der Waals surface area contributed by atoms with Gasteiger partial charge < -0.3 is 35.0 Å². The van der Waals surface area contributed by atoms with E-state index in [9.17, 15) is 24.9 Å². The van der Waals surface area contributed by atoms with Crippen LogP contribution in [0.4, 0.5) is 0 Å². The summed E-state index contributed by atoms with van der Waals surface area (Å²) in [4.78, 5) is 27.5. The lowest BCUT2D eigenvalue weighted by atomic mass is 9.77. The van der Waals surface area contributed by atoms with Gasteiger partial charge in [0.1, 0.15) is 12.2 Å². The van der Waals surface area contributed by atoms with Crippen molar-refractivity contribution in [3.63, 3.8) is 0 Å². The number of carbonyl (C=O) groups is 2. The fourth-order valence-electron chi connectivity index (χ4n) is 5.48. The number of aliphatic hydroxyl groups is 3. The molecule has 1 fully saturated rings. The van der Waals surface area contributed by atoms with Gasteiger partial charge in [-0.2, -0.15) is 0 Å². The number of aliphatic hydroxyl groups excluding tert-OH is 3. The van der Waals surface area contributed by atoms with Crippen molar-refractivity contribution in [2.75, 3.05) is 20.3 Å². The highest BCUT2D eigenvalue weighted by Crippen LogP contribution is 2.51. The number of amides is 2. The van der Waals surface area contributed by atoms with Gasteiger partial charge in [0, 0.05) is 30.6 Å². The number of methoxy groups -OCH3 is 1. The molecule has 1 aromatic carbocycles. The Morgan fingerprint density at radius 1 is 1.24 bits per heavy atom. The molecule has 9 nitrogen and oxygen atoms in total. The number of hydrogen-bond donors (Lipinski definition) is 4. The smallest absolute Gasteiger partial charge is 0.247 e. The average molecular weight is 461 g/mol. The van der Waals surface area contributed by atoms with Gasteiger partial charge in [-0.05, 0) is 36.6 Å². The Morgan fingerprint density at radius 2 is 1.97 bits per heavy atom. The van der Waals surface area contributed by atoms with Gasteiger partial charge >= 0.3 is 0 Å². The quantitative estimate of drug-likeness (QED) is 0.469. The molecule has 4 unspecified atom stereocenters. The second-order valence-corrected chi connectivity index (χ2v) is 8.88. The standard InChI is InChI=1S/C24H32N2O7/c1-13(29)26(15-5-3-4-6-15)18-11-17(24(31)25-7-8-27)20-16-9-14(12-28)10-19(32-2)22(16)33-23(20)21(18)30/h9-11,15,18,20-21,23,27-28,30H,3-8,12H2,1-2H3,(H,25,31). The van der Waals surface area contributed by atoms with Crippen LogP contribution in [-0.2, 0) is 16.2 Å². The maximum absolute atomic E-state index is 13.2. The molecular weight excluding hydrogens is 428 g/mol. The van der Waals surface area contributed by atoms with E-state index >= 15 is 0 Å². The van der Waals surface area contributed by atoms with Crippen LogP contribution in [0.15, 0.2) is 23.8 Å². The molecule has 1 heterocycles. The molecule has 33 heavy (non-hydrogen) atoms. The van der Waals surface area contributed by atoms with Crippen molar-refractivity contribution >= 4 is 11.8 Å². The molecule has 180 valence electrons. The molecule has 4 atom stereocenters. The van der Waals surface area contributed by atoms with Crippen LogP contribution < -0.4 is 14.8 Å². The van der Waals surface area contributed by atoms with Crippen LogP contribution in [0.3, 0.4) is 0 Å². The predicted octanol–water partition coefficient (Wildman–Crippen LogP) is 0.601. The molecule has 1 saturated carbocycles. The van der Waals surface area contributed by atoms with Gasteiger partial charge in [0.05, 0.1) is 32.3 Å². The summed E-state index contributed by atoms with van der Waals surface area (Å²) in [5.74, 6) is -0.339. The maximum atomic E-state index is 13.2. The minimum atomic E-state index is -1.07. The number of benzene rings is 1. The lowest BCUT2D eigenvalue weighted by Gasteiger charge is -2.42. The normalized spacial score (nSPS) is 26.2. The molecule has 9 heteroatoms. The maximum Gasteiger partial charge on any atom is 0.247 e. The highest BCUT2D eigenvalue weighted by molar-refractivity contribution is 5.96. The third-order valence-corrected chi connectivity index (χ3v) is 6.90. The SMILES string of the molecule is COc1cc(CO)cc2c1OC1C2C(C(=O)NCCO)=CC(N(C(C)=O)C2CCCC2)C1O. The summed E-state index contributed by atoms with van der Waals surface area (Å²) in [5, 5.41) is 33.0. The minimum Gasteiger partial charge on any atom is -0.493 e. The van der Waals surface area contributed by atoms with Gasteiger partial charge in [-0.1, -0.05) is 12.8 Å². The topological polar surface area (TPSA) is 129 Å². The lowest BCUT2D eigenvalue weighted by molar-refractivity contribution is -0.138. The van der Waals surface area contributed by atoms with Gasteiger partial charge in [-0.15, -0.1) is 0 Å². The molecule has 2 aliphatic carbocycles. The van der Waals surface area contributed by atoms with Gasteiger partial charge in [-0.25, -0.2) is 0 Å². The Morgan fingerprint density at radius 3 is 2.58 bits per heavy atom. The van der Waals surface area contributed by atoms with E-state index in [1.807, 2.05) is 0 Å². The predicted molar refractivity (Wildman–Crippen MR) is 119 cm³/mol. The van der Waals surface area contributed by atoms with Crippen molar-refractivity contribution in [3.05, 3.63) is 34.9 Å². The number of carbonyl (C=O) groups excluding carboxylic acids is 2. The first kappa shape index (κ1) is 23.5. The van der Waals surface area contributed by atoms with Gasteiger partial charge in [0.15, 0.2) is 11.5 Å². The summed E-state index contributed by atoms with van der Waals surface area (Å²) < 4.78 is 11.6. The van der Waals surface area contributed by atoms with E-state index in [2.05, 4.69) is 5.32 Å². The fourth-order valence-corrected chi connectivity index (χ4v) is 5.48. The molecule has 0 bridgehead atoms. The van der Waals surface area contributed by atoms with Crippen LogP contribution in [0.25, 0.3) is 0 Å². The molecule has 4 rings (SSSR count). The van der Waals surface area contributed by atoms with Gasteiger partial charge in [0.25, 0.3) is 0 Å². The lowest BCUT2D eigenvalue weighted by Crippen LogP contribution is -2.57. The van der Waals surface area contributed by atoms with E-state index in [1.165, 1.54) is 14.0 Å². The Bertz CT molecular complexity index is 941. The number of nitrogens with one attached hydrogen (secondary N) is 1. The van der Waals surface area contributed by atoms with E-state index in [4.69, 9.17) is 9.47 Å². The zero-order chi connectivity index (χ0) is 23.7. The monoisotopic (exact) mass is 460 g/mol. The summed E-state index contributed by atoms with van der Waals surface area (Å²) in [6.45, 7) is 1.13. The average Bonchev–Trinajstić information content (AvgIpc) is 3.46. The van der Waals surface area contributed by atoms with Crippen LogP contribution in [0.2, 0.25) is 0 Å². The molecule has 4 N–H and O–H groups in total. The number of ether oxygens (including phenoxy) is 2. The number of hydrogen-bond acceptors (Lipinski definition) is 7. The second kappa shape index (κ2) is 9.70. The molecule has 3 aliphatic rings. The van der Waals surface area contributed by atoms with E-state index in [0.717, 1.165) is 25.7 Å². The van der Waals surface area contributed by atoms with Crippen LogP contribution in [-0.4, -0.2) is 76.6 Å². The van der Waals surface area contributed by atoms with Crippen molar-refractivity contribution in [2.24, 2.45) is 0 Å². The molecule has 0 spiro atoms. The third kappa shape index (κ3) is 4.20. The van der Waals surface area contributed by atoms with Crippen molar-refractivity contribution in [2.45, 2.75) is 69.4 Å². The molecular formula is C24H32N2O7. The fraction of sp³-hybridized carbons (Fsp3) is 0.583. The highest BCUT2D eigenvalue weighted by atomic mass is 16.5. The number of rotatable bonds is 7. The Balaban J connectivity index is 1.81. The van der Waals surface area contributed by atoms with Crippen molar-refractivity contribution in [1.29, 1.82) is 0 Å². The first-order valence-electron chi connectivity index (χ1n) is 11.5. The minimum absolute atomic E-state index is 0.00370. The summed E-state index contributed by atoms with van der Waals surface area (Å²) >= 11 is 0. The molecule has 2 amide bonds. The Labute approximate surface area is 193 Å². The Kier molecular flexibility index (Phi) is 6.92. The van der Waals surface area contributed by atoms with Crippen molar-refractivity contribution in [3.8, 4) is 11.5 Å². The van der Waals surface area contributed by atoms with Crippen molar-refractivity contribution in [1.82, 2.24) is 10.2 Å². The summed E-state index contributed by atoms with van der Waals surface area (Å²) in [5.41, 5.74) is 1.60. The molecule has 0 radical (unpaired) electrons.